The Balaban J connectivity index is 0.000000796. The number of benzene rings is 1. The van der Waals surface area contributed by atoms with Crippen LogP contribution in [0.4, 0.5) is 0 Å². The maximum atomic E-state index is 10.3. The summed E-state index contributed by atoms with van der Waals surface area (Å²) in [5.74, 6) is -0.314. The molecule has 0 aliphatic heterocycles. The topological polar surface area (TPSA) is 77.8 Å². The molecule has 0 unspecified atom stereocenters. The third kappa shape index (κ3) is 5.51. The molecule has 0 amide bonds. The van der Waals surface area contributed by atoms with Crippen molar-refractivity contribution in [2.75, 3.05) is 0 Å². The molecule has 0 heterocycles. The fourth-order valence-corrected chi connectivity index (χ4v) is 1.76. The van der Waals surface area contributed by atoms with Gasteiger partial charge in [0.15, 0.2) is 0 Å². The zero-order valence-corrected chi connectivity index (χ0v) is 13.4. The molecule has 0 radical (unpaired) electrons. The second-order valence-electron chi connectivity index (χ2n) is 6.91. The molecule has 4 heteroatoms. The molecule has 4 nitrogen and oxygen atoms in total. The van der Waals surface area contributed by atoms with Crippen molar-refractivity contribution in [1.29, 1.82) is 0 Å². The third-order valence-corrected chi connectivity index (χ3v) is 2.71. The summed E-state index contributed by atoms with van der Waals surface area (Å²) in [7, 11) is 0. The Morgan fingerprint density at radius 1 is 0.900 bits per heavy atom. The minimum atomic E-state index is -0.833. The Labute approximate surface area is 121 Å². The van der Waals surface area contributed by atoms with Gasteiger partial charge in [0.1, 0.15) is 11.5 Å². The standard InChI is InChI=1S/C14H22O2.C2H4O2/c1-13(2,3)10-7-9(15)8-11(12(10)16)14(4,5)6;1-2(3)4/h7-8,15-16H,1-6H3;1H3,(H,3,4). The normalized spacial score (nSPS) is 11.6. The van der Waals surface area contributed by atoms with Crippen molar-refractivity contribution in [2.24, 2.45) is 0 Å². The van der Waals surface area contributed by atoms with Gasteiger partial charge in [-0.15, -0.1) is 0 Å². The largest absolute Gasteiger partial charge is 0.508 e. The van der Waals surface area contributed by atoms with Crippen molar-refractivity contribution in [3.63, 3.8) is 0 Å². The zero-order valence-electron chi connectivity index (χ0n) is 13.4. The first-order chi connectivity index (χ1) is 8.76. The van der Waals surface area contributed by atoms with Crippen molar-refractivity contribution in [2.45, 2.75) is 59.3 Å². The number of rotatable bonds is 0. The van der Waals surface area contributed by atoms with Crippen LogP contribution in [0.25, 0.3) is 0 Å². The van der Waals surface area contributed by atoms with Crippen LogP contribution in [0.2, 0.25) is 0 Å². The van der Waals surface area contributed by atoms with Gasteiger partial charge in [-0.05, 0) is 23.0 Å². The molecule has 0 atom stereocenters. The Morgan fingerprint density at radius 2 is 1.15 bits per heavy atom. The van der Waals surface area contributed by atoms with Crippen molar-refractivity contribution in [3.8, 4) is 11.5 Å². The maximum absolute atomic E-state index is 10.3. The highest BCUT2D eigenvalue weighted by Crippen LogP contribution is 2.41. The van der Waals surface area contributed by atoms with Crippen molar-refractivity contribution in [3.05, 3.63) is 23.3 Å². The molecule has 114 valence electrons. The average molecular weight is 282 g/mol. The number of carboxylic acids is 1. The second kappa shape index (κ2) is 6.16. The van der Waals surface area contributed by atoms with Crippen LogP contribution in [0.15, 0.2) is 12.1 Å². The molecule has 3 N–H and O–H groups in total. The highest BCUT2D eigenvalue weighted by molar-refractivity contribution is 5.63. The van der Waals surface area contributed by atoms with E-state index in [1.807, 2.05) is 41.5 Å². The summed E-state index contributed by atoms with van der Waals surface area (Å²) in [4.78, 5) is 9.00. The summed E-state index contributed by atoms with van der Waals surface area (Å²) in [6.07, 6.45) is 0. The van der Waals surface area contributed by atoms with E-state index in [1.54, 1.807) is 12.1 Å². The molecule has 1 rings (SSSR count). The Kier molecular flexibility index (Phi) is 5.63. The van der Waals surface area contributed by atoms with Crippen LogP contribution < -0.4 is 0 Å². The number of aromatic hydroxyl groups is 2. The van der Waals surface area contributed by atoms with Gasteiger partial charge in [0, 0.05) is 18.1 Å². The lowest BCUT2D eigenvalue weighted by Gasteiger charge is -2.27. The number of phenols is 2. The van der Waals surface area contributed by atoms with E-state index in [0.29, 0.717) is 5.75 Å². The van der Waals surface area contributed by atoms with E-state index < -0.39 is 5.97 Å². The molecule has 0 aliphatic carbocycles. The molecule has 0 spiro atoms. The summed E-state index contributed by atoms with van der Waals surface area (Å²) < 4.78 is 0. The van der Waals surface area contributed by atoms with Gasteiger partial charge in [-0.25, -0.2) is 0 Å². The Bertz CT molecular complexity index is 437. The minimum Gasteiger partial charge on any atom is -0.508 e. The van der Waals surface area contributed by atoms with Gasteiger partial charge in [-0.3, -0.25) is 4.79 Å². The summed E-state index contributed by atoms with van der Waals surface area (Å²) in [6, 6.07) is 3.29. The number of aliphatic carboxylic acids is 1. The Hall–Kier alpha value is -1.71. The van der Waals surface area contributed by atoms with E-state index >= 15 is 0 Å². The number of hydrogen-bond donors (Lipinski definition) is 3. The lowest BCUT2D eigenvalue weighted by atomic mass is 9.79. The van der Waals surface area contributed by atoms with Crippen LogP contribution in [0, 0.1) is 0 Å². The average Bonchev–Trinajstić information content (AvgIpc) is 2.16. The van der Waals surface area contributed by atoms with Crippen LogP contribution in [-0.4, -0.2) is 21.3 Å². The monoisotopic (exact) mass is 282 g/mol. The first-order valence-electron chi connectivity index (χ1n) is 6.53. The molecule has 0 saturated carbocycles. The number of phenolic OH excluding ortho intramolecular Hbond substituents is 2. The molecule has 1 aromatic rings. The molecule has 20 heavy (non-hydrogen) atoms. The predicted molar refractivity (Wildman–Crippen MR) is 80.5 cm³/mol. The summed E-state index contributed by atoms with van der Waals surface area (Å²) in [5, 5.41) is 27.4. The fourth-order valence-electron chi connectivity index (χ4n) is 1.76. The SMILES string of the molecule is CC(=O)O.CC(C)(C)c1cc(O)cc(C(C)(C)C)c1O. The molecular weight excluding hydrogens is 256 g/mol. The molecular formula is C16H26O4. The molecule has 0 bridgehead atoms. The van der Waals surface area contributed by atoms with Crippen LogP contribution in [-0.2, 0) is 15.6 Å². The zero-order chi connectivity index (χ0) is 16.3. The van der Waals surface area contributed by atoms with Gasteiger partial charge < -0.3 is 15.3 Å². The van der Waals surface area contributed by atoms with Crippen molar-refractivity contribution >= 4 is 5.97 Å². The van der Waals surface area contributed by atoms with Crippen LogP contribution in [0.5, 0.6) is 11.5 Å². The number of hydrogen-bond acceptors (Lipinski definition) is 3. The summed E-state index contributed by atoms with van der Waals surface area (Å²) in [5.41, 5.74) is 1.22. The van der Waals surface area contributed by atoms with Crippen LogP contribution >= 0.6 is 0 Å². The molecule has 0 aliphatic rings. The lowest BCUT2D eigenvalue weighted by Crippen LogP contribution is -2.16. The van der Waals surface area contributed by atoms with Gasteiger partial charge in [0.2, 0.25) is 0 Å². The smallest absolute Gasteiger partial charge is 0.300 e. The van der Waals surface area contributed by atoms with Gasteiger partial charge in [-0.1, -0.05) is 41.5 Å². The van der Waals surface area contributed by atoms with E-state index in [2.05, 4.69) is 0 Å². The van der Waals surface area contributed by atoms with Crippen molar-refractivity contribution in [1.82, 2.24) is 0 Å². The highest BCUT2D eigenvalue weighted by Gasteiger charge is 2.26. The summed E-state index contributed by atoms with van der Waals surface area (Å²) >= 11 is 0. The highest BCUT2D eigenvalue weighted by atomic mass is 16.4. The van der Waals surface area contributed by atoms with E-state index in [-0.39, 0.29) is 16.6 Å². The van der Waals surface area contributed by atoms with Crippen molar-refractivity contribution < 1.29 is 20.1 Å². The molecule has 0 aromatic heterocycles. The fraction of sp³-hybridized carbons (Fsp3) is 0.562. The molecule has 0 saturated heterocycles. The number of carboxylic acid groups (broad SMARTS) is 1. The number of carbonyl (C=O) groups is 1. The van der Waals surface area contributed by atoms with Crippen LogP contribution in [0.3, 0.4) is 0 Å². The van der Waals surface area contributed by atoms with Gasteiger partial charge >= 0.3 is 0 Å². The minimum absolute atomic E-state index is 0.178. The van der Waals surface area contributed by atoms with E-state index in [9.17, 15) is 10.2 Å². The maximum Gasteiger partial charge on any atom is 0.300 e. The van der Waals surface area contributed by atoms with Gasteiger partial charge in [0.25, 0.3) is 5.97 Å². The first kappa shape index (κ1) is 18.3. The Morgan fingerprint density at radius 3 is 1.35 bits per heavy atom. The quantitative estimate of drug-likeness (QED) is 0.633. The van der Waals surface area contributed by atoms with Gasteiger partial charge in [0.05, 0.1) is 0 Å². The summed E-state index contributed by atoms with van der Waals surface area (Å²) in [6.45, 7) is 13.2. The second-order valence-corrected chi connectivity index (χ2v) is 6.91. The van der Waals surface area contributed by atoms with E-state index in [0.717, 1.165) is 18.1 Å². The van der Waals surface area contributed by atoms with Crippen LogP contribution in [0.1, 0.15) is 59.6 Å². The van der Waals surface area contributed by atoms with E-state index in [1.165, 1.54) is 0 Å². The molecule has 0 fully saturated rings. The van der Waals surface area contributed by atoms with E-state index in [4.69, 9.17) is 9.90 Å². The lowest BCUT2D eigenvalue weighted by molar-refractivity contribution is -0.134. The first-order valence-corrected chi connectivity index (χ1v) is 6.53. The third-order valence-electron chi connectivity index (χ3n) is 2.71. The van der Waals surface area contributed by atoms with Gasteiger partial charge in [-0.2, -0.15) is 0 Å². The predicted octanol–water partition coefficient (Wildman–Crippen LogP) is 3.78. The molecule has 1 aromatic carbocycles.